The number of carbonyl (C=O) groups is 1. The maximum absolute atomic E-state index is 12.6. The molecule has 0 radical (unpaired) electrons. The lowest BCUT2D eigenvalue weighted by Crippen LogP contribution is -2.47. The molecule has 1 aliphatic carbocycles. The first kappa shape index (κ1) is 13.6. The van der Waals surface area contributed by atoms with Crippen molar-refractivity contribution in [2.24, 2.45) is 5.92 Å². The molecule has 0 spiro atoms. The van der Waals surface area contributed by atoms with E-state index in [0.717, 1.165) is 32.4 Å². The summed E-state index contributed by atoms with van der Waals surface area (Å²) < 4.78 is 0. The minimum Gasteiger partial charge on any atom is -0.338 e. The summed E-state index contributed by atoms with van der Waals surface area (Å²) in [6, 6.07) is 0.821. The van der Waals surface area contributed by atoms with Gasteiger partial charge in [0.25, 0.3) is 0 Å². The average molecular weight is 250 g/mol. The number of amides is 1. The Morgan fingerprint density at radius 1 is 1.39 bits per heavy atom. The molecule has 2 aliphatic rings. The predicted octanol–water partition coefficient (Wildman–Crippen LogP) is 2.33. The zero-order valence-corrected chi connectivity index (χ0v) is 11.7. The van der Waals surface area contributed by atoms with Crippen LogP contribution in [0.5, 0.6) is 0 Å². The van der Waals surface area contributed by atoms with E-state index in [1.54, 1.807) is 0 Å². The van der Waals surface area contributed by atoms with Gasteiger partial charge in [-0.05, 0) is 52.5 Å². The number of carbonyl (C=O) groups excluding carboxylic acids is 1. The fourth-order valence-corrected chi connectivity index (χ4v) is 2.96. The molecule has 0 aromatic heterocycles. The second kappa shape index (κ2) is 6.37. The molecule has 1 amide bonds. The molecule has 2 atom stereocenters. The van der Waals surface area contributed by atoms with Gasteiger partial charge in [0.1, 0.15) is 0 Å². The highest BCUT2D eigenvalue weighted by Gasteiger charge is 2.28. The van der Waals surface area contributed by atoms with E-state index in [-0.39, 0.29) is 5.92 Å². The fraction of sp³-hybridized carbons (Fsp3) is 0.800. The zero-order chi connectivity index (χ0) is 13.0. The summed E-state index contributed by atoms with van der Waals surface area (Å²) in [6.45, 7) is 6.25. The topological polar surface area (TPSA) is 32.3 Å². The van der Waals surface area contributed by atoms with Crippen molar-refractivity contribution in [3.63, 3.8) is 0 Å². The van der Waals surface area contributed by atoms with Crippen LogP contribution in [0.1, 0.15) is 46.0 Å². The van der Waals surface area contributed by atoms with E-state index in [4.69, 9.17) is 0 Å². The van der Waals surface area contributed by atoms with Gasteiger partial charge in [0, 0.05) is 24.5 Å². The average Bonchev–Trinajstić information content (AvgIpc) is 2.89. The molecular formula is C15H26N2O. The summed E-state index contributed by atoms with van der Waals surface area (Å²) in [6.07, 6.45) is 9.83. The predicted molar refractivity (Wildman–Crippen MR) is 74.4 cm³/mol. The van der Waals surface area contributed by atoms with Crippen molar-refractivity contribution in [3.05, 3.63) is 12.2 Å². The summed E-state index contributed by atoms with van der Waals surface area (Å²) in [7, 11) is 0. The lowest BCUT2D eigenvalue weighted by molar-refractivity contribution is -0.137. The van der Waals surface area contributed by atoms with Crippen LogP contribution in [0, 0.1) is 5.92 Å². The SMILES string of the molecule is CC(C)N(CC1CCCN1)C(=O)C1CC=CCC1. The first-order valence-electron chi connectivity index (χ1n) is 7.37. The van der Waals surface area contributed by atoms with Gasteiger partial charge in [-0.15, -0.1) is 0 Å². The van der Waals surface area contributed by atoms with E-state index in [2.05, 4.69) is 36.2 Å². The van der Waals surface area contributed by atoms with Crippen molar-refractivity contribution in [1.82, 2.24) is 10.2 Å². The molecule has 0 saturated carbocycles. The summed E-state index contributed by atoms with van der Waals surface area (Å²) >= 11 is 0. The van der Waals surface area contributed by atoms with Crippen molar-refractivity contribution < 1.29 is 4.79 Å². The minimum absolute atomic E-state index is 0.221. The fourth-order valence-electron chi connectivity index (χ4n) is 2.96. The largest absolute Gasteiger partial charge is 0.338 e. The van der Waals surface area contributed by atoms with Crippen LogP contribution in [-0.4, -0.2) is 36.0 Å². The third-order valence-electron chi connectivity index (χ3n) is 4.10. The molecular weight excluding hydrogens is 224 g/mol. The van der Waals surface area contributed by atoms with Gasteiger partial charge < -0.3 is 10.2 Å². The van der Waals surface area contributed by atoms with E-state index >= 15 is 0 Å². The molecule has 102 valence electrons. The van der Waals surface area contributed by atoms with Crippen LogP contribution < -0.4 is 5.32 Å². The van der Waals surface area contributed by atoms with Crippen molar-refractivity contribution in [3.8, 4) is 0 Å². The molecule has 1 aliphatic heterocycles. The maximum Gasteiger partial charge on any atom is 0.226 e. The standard InChI is InChI=1S/C15H26N2O/c1-12(2)17(11-14-9-6-10-16-14)15(18)13-7-4-3-5-8-13/h3-4,12-14,16H,5-11H2,1-2H3. The van der Waals surface area contributed by atoms with Gasteiger partial charge >= 0.3 is 0 Å². The van der Waals surface area contributed by atoms with E-state index < -0.39 is 0 Å². The molecule has 1 saturated heterocycles. The van der Waals surface area contributed by atoms with Crippen LogP contribution >= 0.6 is 0 Å². The minimum atomic E-state index is 0.221. The van der Waals surface area contributed by atoms with Gasteiger partial charge in [-0.25, -0.2) is 0 Å². The number of allylic oxidation sites excluding steroid dienone is 2. The highest BCUT2D eigenvalue weighted by molar-refractivity contribution is 5.79. The molecule has 1 N–H and O–H groups in total. The lowest BCUT2D eigenvalue weighted by atomic mass is 9.92. The number of hydrogen-bond donors (Lipinski definition) is 1. The van der Waals surface area contributed by atoms with Gasteiger partial charge in [-0.1, -0.05) is 12.2 Å². The van der Waals surface area contributed by atoms with Crippen LogP contribution in [0.2, 0.25) is 0 Å². The molecule has 2 rings (SSSR count). The Bertz CT molecular complexity index is 306. The molecule has 0 aromatic carbocycles. The van der Waals surface area contributed by atoms with Crippen molar-refractivity contribution >= 4 is 5.91 Å². The Morgan fingerprint density at radius 2 is 2.22 bits per heavy atom. The second-order valence-electron chi connectivity index (χ2n) is 5.86. The monoisotopic (exact) mass is 250 g/mol. The van der Waals surface area contributed by atoms with Crippen LogP contribution in [0.15, 0.2) is 12.2 Å². The smallest absolute Gasteiger partial charge is 0.226 e. The number of hydrogen-bond acceptors (Lipinski definition) is 2. The normalized spacial score (nSPS) is 27.7. The van der Waals surface area contributed by atoms with Gasteiger partial charge in [0.2, 0.25) is 5.91 Å². The zero-order valence-electron chi connectivity index (χ0n) is 11.7. The van der Waals surface area contributed by atoms with E-state index in [0.29, 0.717) is 18.0 Å². The van der Waals surface area contributed by atoms with Crippen LogP contribution in [-0.2, 0) is 4.79 Å². The Hall–Kier alpha value is -0.830. The molecule has 0 aromatic rings. The third-order valence-corrected chi connectivity index (χ3v) is 4.10. The van der Waals surface area contributed by atoms with E-state index in [1.165, 1.54) is 12.8 Å². The highest BCUT2D eigenvalue weighted by Crippen LogP contribution is 2.22. The summed E-state index contributed by atoms with van der Waals surface area (Å²) in [5.74, 6) is 0.585. The number of nitrogens with zero attached hydrogens (tertiary/aromatic N) is 1. The molecule has 3 heteroatoms. The molecule has 0 bridgehead atoms. The molecule has 1 heterocycles. The quantitative estimate of drug-likeness (QED) is 0.777. The summed E-state index contributed by atoms with van der Waals surface area (Å²) in [4.78, 5) is 14.7. The van der Waals surface area contributed by atoms with Crippen LogP contribution in [0.25, 0.3) is 0 Å². The van der Waals surface area contributed by atoms with Gasteiger partial charge in [0.15, 0.2) is 0 Å². The van der Waals surface area contributed by atoms with Gasteiger partial charge in [0.05, 0.1) is 0 Å². The van der Waals surface area contributed by atoms with Crippen LogP contribution in [0.3, 0.4) is 0 Å². The van der Waals surface area contributed by atoms with E-state index in [9.17, 15) is 4.79 Å². The van der Waals surface area contributed by atoms with Crippen LogP contribution in [0.4, 0.5) is 0 Å². The van der Waals surface area contributed by atoms with E-state index in [1.807, 2.05) is 0 Å². The van der Waals surface area contributed by atoms with Crippen molar-refractivity contribution in [2.45, 2.75) is 58.0 Å². The Kier molecular flexibility index (Phi) is 4.81. The number of nitrogens with one attached hydrogen (secondary N) is 1. The van der Waals surface area contributed by atoms with Gasteiger partial charge in [-0.3, -0.25) is 4.79 Å². The third kappa shape index (κ3) is 3.35. The lowest BCUT2D eigenvalue weighted by Gasteiger charge is -2.33. The van der Waals surface area contributed by atoms with Crippen molar-refractivity contribution in [1.29, 1.82) is 0 Å². The number of rotatable bonds is 4. The van der Waals surface area contributed by atoms with Gasteiger partial charge in [-0.2, -0.15) is 0 Å². The first-order valence-corrected chi connectivity index (χ1v) is 7.37. The molecule has 2 unspecified atom stereocenters. The second-order valence-corrected chi connectivity index (χ2v) is 5.86. The molecule has 3 nitrogen and oxygen atoms in total. The summed E-state index contributed by atoms with van der Waals surface area (Å²) in [5.41, 5.74) is 0. The highest BCUT2D eigenvalue weighted by atomic mass is 16.2. The van der Waals surface area contributed by atoms with Crippen molar-refractivity contribution in [2.75, 3.05) is 13.1 Å². The maximum atomic E-state index is 12.6. The first-order chi connectivity index (χ1) is 8.68. The Balaban J connectivity index is 1.95. The Labute approximate surface area is 111 Å². The Morgan fingerprint density at radius 3 is 2.78 bits per heavy atom. The molecule has 1 fully saturated rings. The summed E-state index contributed by atoms with van der Waals surface area (Å²) in [5, 5.41) is 3.49. The molecule has 18 heavy (non-hydrogen) atoms.